The van der Waals surface area contributed by atoms with Gasteiger partial charge in [0.1, 0.15) is 0 Å². The van der Waals surface area contributed by atoms with Gasteiger partial charge in [0.15, 0.2) is 0 Å². The monoisotopic (exact) mass is 240 g/mol. The predicted molar refractivity (Wildman–Crippen MR) is 76.5 cm³/mol. The van der Waals surface area contributed by atoms with Crippen LogP contribution in [0.3, 0.4) is 0 Å². The van der Waals surface area contributed by atoms with Crippen molar-refractivity contribution >= 4 is 0 Å². The van der Waals surface area contributed by atoms with E-state index < -0.39 is 0 Å². The van der Waals surface area contributed by atoms with Crippen LogP contribution >= 0.6 is 0 Å². The molecule has 0 aromatic heterocycles. The SMILES string of the molecule is CC(C)(C)c1ccc(-c2cccc(CO)c2)cc1. The van der Waals surface area contributed by atoms with E-state index in [4.69, 9.17) is 5.11 Å². The van der Waals surface area contributed by atoms with Gasteiger partial charge in [0, 0.05) is 0 Å². The van der Waals surface area contributed by atoms with E-state index in [1.54, 1.807) is 0 Å². The molecule has 0 aliphatic rings. The van der Waals surface area contributed by atoms with Crippen LogP contribution in [-0.4, -0.2) is 5.11 Å². The molecule has 0 saturated carbocycles. The minimum atomic E-state index is 0.0912. The number of aliphatic hydroxyl groups excluding tert-OH is 1. The molecular formula is C17H20O. The quantitative estimate of drug-likeness (QED) is 0.836. The van der Waals surface area contributed by atoms with Gasteiger partial charge in [0.05, 0.1) is 6.61 Å². The topological polar surface area (TPSA) is 20.2 Å². The molecule has 18 heavy (non-hydrogen) atoms. The average molecular weight is 240 g/mol. The summed E-state index contributed by atoms with van der Waals surface area (Å²) >= 11 is 0. The predicted octanol–water partition coefficient (Wildman–Crippen LogP) is 4.14. The second kappa shape index (κ2) is 4.95. The number of hydrogen-bond donors (Lipinski definition) is 1. The molecular weight excluding hydrogens is 220 g/mol. The van der Waals surface area contributed by atoms with Crippen LogP contribution in [0.5, 0.6) is 0 Å². The lowest BCUT2D eigenvalue weighted by molar-refractivity contribution is 0.282. The molecule has 1 N–H and O–H groups in total. The van der Waals surface area contributed by atoms with Crippen LogP contribution in [0.15, 0.2) is 48.5 Å². The molecule has 1 heteroatoms. The summed E-state index contributed by atoms with van der Waals surface area (Å²) in [4.78, 5) is 0. The Hall–Kier alpha value is -1.60. The molecule has 2 aromatic carbocycles. The Kier molecular flexibility index (Phi) is 3.53. The summed E-state index contributed by atoms with van der Waals surface area (Å²) in [6.45, 7) is 6.74. The Labute approximate surface area is 109 Å². The molecule has 0 saturated heterocycles. The van der Waals surface area contributed by atoms with Crippen molar-refractivity contribution in [1.82, 2.24) is 0 Å². The van der Waals surface area contributed by atoms with Crippen molar-refractivity contribution in [2.24, 2.45) is 0 Å². The van der Waals surface area contributed by atoms with Crippen molar-refractivity contribution in [2.75, 3.05) is 0 Å². The van der Waals surface area contributed by atoms with Crippen LogP contribution in [0.1, 0.15) is 31.9 Å². The maximum atomic E-state index is 9.16. The normalized spacial score (nSPS) is 11.6. The van der Waals surface area contributed by atoms with Gasteiger partial charge in [-0.3, -0.25) is 0 Å². The highest BCUT2D eigenvalue weighted by atomic mass is 16.3. The zero-order valence-corrected chi connectivity index (χ0v) is 11.3. The summed E-state index contributed by atoms with van der Waals surface area (Å²) in [5.74, 6) is 0. The first-order valence-electron chi connectivity index (χ1n) is 6.31. The summed E-state index contributed by atoms with van der Waals surface area (Å²) in [6.07, 6.45) is 0. The van der Waals surface area contributed by atoms with Gasteiger partial charge in [-0.05, 0) is 33.7 Å². The largest absolute Gasteiger partial charge is 0.392 e. The third-order valence-corrected chi connectivity index (χ3v) is 3.19. The Morgan fingerprint density at radius 2 is 1.56 bits per heavy atom. The molecule has 1 nitrogen and oxygen atoms in total. The molecule has 0 radical (unpaired) electrons. The molecule has 0 aliphatic carbocycles. The number of hydrogen-bond acceptors (Lipinski definition) is 1. The fourth-order valence-electron chi connectivity index (χ4n) is 2.01. The van der Waals surface area contributed by atoms with E-state index in [1.165, 1.54) is 11.1 Å². The van der Waals surface area contributed by atoms with Gasteiger partial charge in [-0.1, -0.05) is 63.2 Å². The molecule has 2 aromatic rings. The van der Waals surface area contributed by atoms with E-state index in [0.717, 1.165) is 11.1 Å². The lowest BCUT2D eigenvalue weighted by atomic mass is 9.86. The molecule has 0 atom stereocenters. The summed E-state index contributed by atoms with van der Waals surface area (Å²) in [6, 6.07) is 16.7. The van der Waals surface area contributed by atoms with Crippen molar-refractivity contribution in [2.45, 2.75) is 32.8 Å². The standard InChI is InChI=1S/C17H20O/c1-17(2,3)16-9-7-14(8-10-16)15-6-4-5-13(11-15)12-18/h4-11,18H,12H2,1-3H3. The van der Waals surface area contributed by atoms with Crippen molar-refractivity contribution in [3.8, 4) is 11.1 Å². The van der Waals surface area contributed by atoms with E-state index in [0.29, 0.717) is 0 Å². The lowest BCUT2D eigenvalue weighted by Gasteiger charge is -2.19. The third kappa shape index (κ3) is 2.80. The zero-order valence-electron chi connectivity index (χ0n) is 11.3. The minimum Gasteiger partial charge on any atom is -0.392 e. The highest BCUT2D eigenvalue weighted by Gasteiger charge is 2.12. The minimum absolute atomic E-state index is 0.0912. The molecule has 2 rings (SSSR count). The lowest BCUT2D eigenvalue weighted by Crippen LogP contribution is -2.10. The molecule has 0 amide bonds. The summed E-state index contributed by atoms with van der Waals surface area (Å²) in [5, 5.41) is 9.16. The van der Waals surface area contributed by atoms with Gasteiger partial charge >= 0.3 is 0 Å². The molecule has 0 unspecified atom stereocenters. The van der Waals surface area contributed by atoms with Crippen molar-refractivity contribution in [3.05, 3.63) is 59.7 Å². The third-order valence-electron chi connectivity index (χ3n) is 3.19. The first-order chi connectivity index (χ1) is 8.50. The summed E-state index contributed by atoms with van der Waals surface area (Å²) in [7, 11) is 0. The fraction of sp³-hybridized carbons (Fsp3) is 0.294. The summed E-state index contributed by atoms with van der Waals surface area (Å²) in [5.41, 5.74) is 4.82. The maximum absolute atomic E-state index is 9.16. The first-order valence-corrected chi connectivity index (χ1v) is 6.31. The smallest absolute Gasteiger partial charge is 0.0682 e. The second-order valence-corrected chi connectivity index (χ2v) is 5.69. The summed E-state index contributed by atoms with van der Waals surface area (Å²) < 4.78 is 0. The van der Waals surface area contributed by atoms with Crippen LogP contribution in [0.4, 0.5) is 0 Å². The Morgan fingerprint density at radius 3 is 2.11 bits per heavy atom. The van der Waals surface area contributed by atoms with E-state index >= 15 is 0 Å². The van der Waals surface area contributed by atoms with E-state index in [-0.39, 0.29) is 12.0 Å². The number of benzene rings is 2. The maximum Gasteiger partial charge on any atom is 0.0682 e. The van der Waals surface area contributed by atoms with Crippen LogP contribution in [0, 0.1) is 0 Å². The van der Waals surface area contributed by atoms with Crippen LogP contribution in [-0.2, 0) is 12.0 Å². The Balaban J connectivity index is 2.34. The highest BCUT2D eigenvalue weighted by molar-refractivity contribution is 5.64. The molecule has 0 spiro atoms. The zero-order chi connectivity index (χ0) is 13.2. The van der Waals surface area contributed by atoms with Crippen molar-refractivity contribution in [1.29, 1.82) is 0 Å². The van der Waals surface area contributed by atoms with Gasteiger partial charge in [0.2, 0.25) is 0 Å². The van der Waals surface area contributed by atoms with Gasteiger partial charge in [-0.2, -0.15) is 0 Å². The first kappa shape index (κ1) is 12.8. The van der Waals surface area contributed by atoms with Crippen LogP contribution < -0.4 is 0 Å². The molecule has 0 heterocycles. The molecule has 94 valence electrons. The Morgan fingerprint density at radius 1 is 0.889 bits per heavy atom. The fourth-order valence-corrected chi connectivity index (χ4v) is 2.01. The van der Waals surface area contributed by atoms with Crippen molar-refractivity contribution in [3.63, 3.8) is 0 Å². The molecule has 0 bridgehead atoms. The van der Waals surface area contributed by atoms with E-state index in [2.05, 4.69) is 51.1 Å². The van der Waals surface area contributed by atoms with Crippen LogP contribution in [0.2, 0.25) is 0 Å². The molecule has 0 aliphatic heterocycles. The highest BCUT2D eigenvalue weighted by Crippen LogP contribution is 2.26. The van der Waals surface area contributed by atoms with E-state index in [1.807, 2.05) is 18.2 Å². The van der Waals surface area contributed by atoms with Gasteiger partial charge in [0.25, 0.3) is 0 Å². The number of aliphatic hydroxyl groups is 1. The van der Waals surface area contributed by atoms with Gasteiger partial charge < -0.3 is 5.11 Å². The average Bonchev–Trinajstić information content (AvgIpc) is 2.38. The van der Waals surface area contributed by atoms with Gasteiger partial charge in [-0.15, -0.1) is 0 Å². The number of rotatable bonds is 2. The molecule has 0 fully saturated rings. The van der Waals surface area contributed by atoms with Gasteiger partial charge in [-0.25, -0.2) is 0 Å². The van der Waals surface area contributed by atoms with Crippen molar-refractivity contribution < 1.29 is 5.11 Å². The van der Waals surface area contributed by atoms with E-state index in [9.17, 15) is 0 Å². The van der Waals surface area contributed by atoms with Crippen LogP contribution in [0.25, 0.3) is 11.1 Å². The second-order valence-electron chi connectivity index (χ2n) is 5.69. The Bertz CT molecular complexity index is 518.